The maximum Gasteiger partial charge on any atom is 0.448 e. The van der Waals surface area contributed by atoms with Gasteiger partial charge in [-0.05, 0) is 0 Å². The largest absolute Gasteiger partial charge is 0.448 e. The smallest absolute Gasteiger partial charge is 0.428 e. The second-order valence-electron chi connectivity index (χ2n) is 3.46. The molecule has 0 aliphatic carbocycles. The molecule has 0 radical (unpaired) electrons. The van der Waals surface area contributed by atoms with E-state index in [9.17, 15) is 44.3 Å². The second-order valence-corrected chi connectivity index (χ2v) is 4.84. The second kappa shape index (κ2) is 4.35. The lowest BCUT2D eigenvalue weighted by Gasteiger charge is -2.30. The summed E-state index contributed by atoms with van der Waals surface area (Å²) in [4.78, 5) is 5.87. The van der Waals surface area contributed by atoms with Crippen LogP contribution in [0.3, 0.4) is 0 Å². The van der Waals surface area contributed by atoms with Gasteiger partial charge in [-0.25, -0.2) is 0 Å². The molecule has 1 unspecified atom stereocenters. The molecule has 0 amide bonds. The van der Waals surface area contributed by atoms with Crippen LogP contribution in [0.5, 0.6) is 0 Å². The fraction of sp³-hybridized carbons (Fsp3) is 0.857. The lowest BCUT2D eigenvalue weighted by atomic mass is 10.3. The monoisotopic (exact) mass is 322 g/mol. The SMILES string of the molecule is O=C1OC(C(F)(F)F)(C(F)(F)F)SC1CC(F)(F)F. The Labute approximate surface area is 103 Å². The van der Waals surface area contributed by atoms with Gasteiger partial charge >= 0.3 is 29.4 Å². The topological polar surface area (TPSA) is 26.3 Å². The highest BCUT2D eigenvalue weighted by molar-refractivity contribution is 8.02. The summed E-state index contributed by atoms with van der Waals surface area (Å²) < 4.78 is 113. The Morgan fingerprint density at radius 2 is 1.42 bits per heavy atom. The summed E-state index contributed by atoms with van der Waals surface area (Å²) >= 11 is -1.23. The molecule has 112 valence electrons. The van der Waals surface area contributed by atoms with Gasteiger partial charge in [-0.1, -0.05) is 11.8 Å². The van der Waals surface area contributed by atoms with Crippen molar-refractivity contribution < 1.29 is 49.0 Å². The van der Waals surface area contributed by atoms with Gasteiger partial charge in [0.2, 0.25) is 0 Å². The molecule has 1 aliphatic heterocycles. The number of alkyl halides is 9. The van der Waals surface area contributed by atoms with E-state index in [1.807, 2.05) is 0 Å². The number of esters is 1. The van der Waals surface area contributed by atoms with Gasteiger partial charge in [0.15, 0.2) is 0 Å². The molecule has 1 rings (SSSR count). The Morgan fingerprint density at radius 3 is 1.68 bits per heavy atom. The minimum absolute atomic E-state index is 1.23. The molecule has 0 bridgehead atoms. The molecule has 0 aromatic heterocycles. The average Bonchev–Trinajstić information content (AvgIpc) is 2.39. The first kappa shape index (κ1) is 16.2. The predicted molar refractivity (Wildman–Crippen MR) is 43.0 cm³/mol. The van der Waals surface area contributed by atoms with E-state index >= 15 is 0 Å². The summed E-state index contributed by atoms with van der Waals surface area (Å²) in [6.07, 6.45) is -19.4. The van der Waals surface area contributed by atoms with E-state index in [0.717, 1.165) is 0 Å². The van der Waals surface area contributed by atoms with Crippen molar-refractivity contribution in [2.75, 3.05) is 0 Å². The normalized spacial score (nSPS) is 24.5. The van der Waals surface area contributed by atoms with Crippen molar-refractivity contribution >= 4 is 17.7 Å². The zero-order valence-corrected chi connectivity index (χ0v) is 9.23. The van der Waals surface area contributed by atoms with Gasteiger partial charge in [-0.15, -0.1) is 0 Å². The number of cyclic esters (lactones) is 1. The third kappa shape index (κ3) is 3.03. The quantitative estimate of drug-likeness (QED) is 0.547. The highest BCUT2D eigenvalue weighted by Crippen LogP contribution is 2.58. The third-order valence-electron chi connectivity index (χ3n) is 1.98. The molecule has 1 saturated heterocycles. The fourth-order valence-corrected chi connectivity index (χ4v) is 2.44. The molecule has 0 aromatic carbocycles. The Bertz CT molecular complexity index is 354. The maximum absolute atomic E-state index is 12.4. The van der Waals surface area contributed by atoms with Crippen molar-refractivity contribution in [1.29, 1.82) is 0 Å². The van der Waals surface area contributed by atoms with Crippen LogP contribution >= 0.6 is 11.8 Å². The van der Waals surface area contributed by atoms with Crippen LogP contribution in [-0.2, 0) is 9.53 Å². The zero-order valence-electron chi connectivity index (χ0n) is 8.41. The summed E-state index contributed by atoms with van der Waals surface area (Å²) in [6, 6.07) is 0. The molecule has 1 aliphatic rings. The van der Waals surface area contributed by atoms with Crippen LogP contribution in [0.2, 0.25) is 0 Å². The number of hydrogen-bond donors (Lipinski definition) is 0. The molecule has 0 spiro atoms. The molecular weight excluding hydrogens is 319 g/mol. The molecule has 1 atom stereocenters. The zero-order chi connectivity index (χ0) is 15.3. The van der Waals surface area contributed by atoms with E-state index in [-0.39, 0.29) is 0 Å². The predicted octanol–water partition coefficient (Wildman–Crippen LogP) is 3.42. The van der Waals surface area contributed by atoms with E-state index in [4.69, 9.17) is 0 Å². The van der Waals surface area contributed by atoms with Gasteiger partial charge < -0.3 is 4.74 Å². The highest BCUT2D eigenvalue weighted by atomic mass is 32.2. The first-order valence-corrected chi connectivity index (χ1v) is 5.18. The van der Waals surface area contributed by atoms with Crippen LogP contribution in [0.4, 0.5) is 39.5 Å². The molecule has 0 N–H and O–H groups in total. The Kier molecular flexibility index (Phi) is 3.72. The number of ether oxygens (including phenoxy) is 1. The maximum atomic E-state index is 12.4. The number of halogens is 9. The van der Waals surface area contributed by atoms with E-state index in [1.54, 1.807) is 0 Å². The molecular formula is C7H3F9O2S. The van der Waals surface area contributed by atoms with Crippen molar-refractivity contribution in [2.24, 2.45) is 0 Å². The molecule has 0 saturated carbocycles. The summed E-state index contributed by atoms with van der Waals surface area (Å²) in [5.74, 6) is -2.20. The summed E-state index contributed by atoms with van der Waals surface area (Å²) in [5, 5.41) is -2.61. The van der Waals surface area contributed by atoms with Crippen LogP contribution in [-0.4, -0.2) is 34.7 Å². The van der Waals surface area contributed by atoms with Crippen LogP contribution in [0, 0.1) is 0 Å². The summed E-state index contributed by atoms with van der Waals surface area (Å²) in [7, 11) is 0. The fourth-order valence-electron chi connectivity index (χ4n) is 1.23. The number of thioether (sulfide) groups is 1. The Hall–Kier alpha value is -0.810. The molecule has 12 heteroatoms. The standard InChI is InChI=1S/C7H3F9O2S/c8-4(9,10)1-2-3(17)18-5(19-2,6(11,12)13)7(14,15)16/h2H,1H2. The first-order valence-electron chi connectivity index (χ1n) is 4.30. The summed E-state index contributed by atoms with van der Waals surface area (Å²) in [6.45, 7) is 0. The number of carbonyl (C=O) groups is 1. The third-order valence-corrected chi connectivity index (χ3v) is 3.50. The molecule has 0 aromatic rings. The van der Waals surface area contributed by atoms with E-state index in [1.165, 1.54) is 0 Å². The van der Waals surface area contributed by atoms with E-state index in [2.05, 4.69) is 4.74 Å². The minimum Gasteiger partial charge on any atom is -0.428 e. The van der Waals surface area contributed by atoms with Gasteiger partial charge in [-0.3, -0.25) is 4.79 Å². The number of carbonyl (C=O) groups excluding carboxylic acids is 1. The molecule has 1 fully saturated rings. The Balaban J connectivity index is 3.11. The number of rotatable bonds is 1. The van der Waals surface area contributed by atoms with Crippen molar-refractivity contribution in [1.82, 2.24) is 0 Å². The highest BCUT2D eigenvalue weighted by Gasteiger charge is 2.79. The van der Waals surface area contributed by atoms with Crippen molar-refractivity contribution in [3.05, 3.63) is 0 Å². The molecule has 1 heterocycles. The lowest BCUT2D eigenvalue weighted by molar-refractivity contribution is -0.327. The van der Waals surface area contributed by atoms with Gasteiger partial charge in [-0.2, -0.15) is 39.5 Å². The van der Waals surface area contributed by atoms with Crippen LogP contribution < -0.4 is 0 Å². The van der Waals surface area contributed by atoms with Crippen molar-refractivity contribution in [2.45, 2.75) is 35.1 Å². The number of hydrogen-bond acceptors (Lipinski definition) is 3. The van der Waals surface area contributed by atoms with Gasteiger partial charge in [0.25, 0.3) is 0 Å². The van der Waals surface area contributed by atoms with E-state index in [0.29, 0.717) is 0 Å². The van der Waals surface area contributed by atoms with Gasteiger partial charge in [0.1, 0.15) is 5.25 Å². The molecule has 19 heavy (non-hydrogen) atoms. The molecule has 2 nitrogen and oxygen atoms in total. The minimum atomic E-state index is -6.08. The summed E-state index contributed by atoms with van der Waals surface area (Å²) in [5.41, 5.74) is 0. The van der Waals surface area contributed by atoms with Crippen LogP contribution in [0.1, 0.15) is 6.42 Å². The van der Waals surface area contributed by atoms with Crippen molar-refractivity contribution in [3.8, 4) is 0 Å². The van der Waals surface area contributed by atoms with Gasteiger partial charge in [0, 0.05) is 0 Å². The van der Waals surface area contributed by atoms with E-state index < -0.39 is 52.9 Å². The van der Waals surface area contributed by atoms with Crippen LogP contribution in [0.25, 0.3) is 0 Å². The average molecular weight is 322 g/mol. The van der Waals surface area contributed by atoms with Gasteiger partial charge in [0.05, 0.1) is 6.42 Å². The van der Waals surface area contributed by atoms with Crippen molar-refractivity contribution in [3.63, 3.8) is 0 Å². The lowest BCUT2D eigenvalue weighted by Crippen LogP contribution is -2.54. The van der Waals surface area contributed by atoms with Crippen LogP contribution in [0.15, 0.2) is 0 Å². The first-order chi connectivity index (χ1) is 8.20. The Morgan fingerprint density at radius 1 is 1.00 bits per heavy atom.